The van der Waals surface area contributed by atoms with Crippen LogP contribution >= 0.6 is 0 Å². The molecule has 1 aliphatic carbocycles. The Morgan fingerprint density at radius 3 is 2.82 bits per heavy atom. The van der Waals surface area contributed by atoms with Gasteiger partial charge in [0.1, 0.15) is 0 Å². The first kappa shape index (κ1) is 15.0. The van der Waals surface area contributed by atoms with Gasteiger partial charge in [-0.3, -0.25) is 5.01 Å². The van der Waals surface area contributed by atoms with Gasteiger partial charge >= 0.3 is 0 Å². The van der Waals surface area contributed by atoms with Crippen LogP contribution in [0.1, 0.15) is 25.3 Å². The minimum absolute atomic E-state index is 0.284. The van der Waals surface area contributed by atoms with E-state index < -0.39 is 0 Å². The van der Waals surface area contributed by atoms with E-state index in [1.807, 2.05) is 0 Å². The minimum Gasteiger partial charge on any atom is -0.382 e. The van der Waals surface area contributed by atoms with E-state index in [1.54, 1.807) is 7.11 Å². The third-order valence-corrected chi connectivity index (χ3v) is 4.46. The zero-order valence-corrected chi connectivity index (χ0v) is 13.4. The molecule has 1 fully saturated rings. The highest BCUT2D eigenvalue weighted by molar-refractivity contribution is 6.05. The molecule has 0 radical (unpaired) electrons. The lowest BCUT2D eigenvalue weighted by Crippen LogP contribution is -2.31. The molecule has 0 aromatic heterocycles. The van der Waals surface area contributed by atoms with Crippen molar-refractivity contribution in [3.63, 3.8) is 0 Å². The van der Waals surface area contributed by atoms with Crippen LogP contribution in [0.25, 0.3) is 0 Å². The molecule has 0 bridgehead atoms. The number of hydrazone groups is 1. The van der Waals surface area contributed by atoms with Gasteiger partial charge in [0, 0.05) is 19.6 Å². The molecule has 2 aliphatic rings. The summed E-state index contributed by atoms with van der Waals surface area (Å²) in [4.78, 5) is 0. The molecule has 3 nitrogen and oxygen atoms in total. The fraction of sp³-hybridized carbons (Fsp3) is 0.421. The molecular formula is C19H24N2O. The van der Waals surface area contributed by atoms with Gasteiger partial charge in [-0.15, -0.1) is 0 Å². The maximum absolute atomic E-state index is 5.35. The van der Waals surface area contributed by atoms with Crippen molar-refractivity contribution in [2.24, 2.45) is 11.0 Å². The first-order chi connectivity index (χ1) is 10.8. The van der Waals surface area contributed by atoms with E-state index >= 15 is 0 Å². The molecule has 1 heterocycles. The molecule has 1 aliphatic heterocycles. The van der Waals surface area contributed by atoms with Gasteiger partial charge < -0.3 is 4.74 Å². The highest BCUT2D eigenvalue weighted by atomic mass is 16.5. The molecule has 1 saturated heterocycles. The van der Waals surface area contributed by atoms with Gasteiger partial charge in [0.15, 0.2) is 0 Å². The van der Waals surface area contributed by atoms with Crippen molar-refractivity contribution in [3.8, 4) is 0 Å². The van der Waals surface area contributed by atoms with E-state index in [4.69, 9.17) is 9.84 Å². The van der Waals surface area contributed by atoms with E-state index in [-0.39, 0.29) is 5.92 Å². The van der Waals surface area contributed by atoms with Crippen molar-refractivity contribution in [1.29, 1.82) is 0 Å². The number of allylic oxidation sites excluding steroid dienone is 4. The first-order valence-electron chi connectivity index (χ1n) is 8.04. The summed E-state index contributed by atoms with van der Waals surface area (Å²) in [6, 6.07) is 10.9. The van der Waals surface area contributed by atoms with Crippen LogP contribution in [0.5, 0.6) is 0 Å². The third kappa shape index (κ3) is 3.14. The molecule has 0 amide bonds. The quantitative estimate of drug-likeness (QED) is 0.775. The van der Waals surface area contributed by atoms with Crippen molar-refractivity contribution >= 4 is 5.71 Å². The summed E-state index contributed by atoms with van der Waals surface area (Å²) in [7, 11) is 1.77. The van der Waals surface area contributed by atoms with Crippen molar-refractivity contribution in [3.05, 3.63) is 59.7 Å². The van der Waals surface area contributed by atoms with E-state index in [2.05, 4.69) is 60.5 Å². The Hall–Kier alpha value is -1.87. The minimum atomic E-state index is 0.284. The fourth-order valence-corrected chi connectivity index (χ4v) is 3.24. The van der Waals surface area contributed by atoms with Crippen LogP contribution in [-0.4, -0.2) is 37.0 Å². The maximum atomic E-state index is 5.35. The lowest BCUT2D eigenvalue weighted by molar-refractivity contribution is 0.117. The van der Waals surface area contributed by atoms with Crippen molar-refractivity contribution < 1.29 is 4.74 Å². The molecule has 2 atom stereocenters. The Labute approximate surface area is 133 Å². The average molecular weight is 296 g/mol. The van der Waals surface area contributed by atoms with Gasteiger partial charge in [0.25, 0.3) is 0 Å². The number of nitrogens with zero attached hydrogens (tertiary/aromatic N) is 2. The summed E-state index contributed by atoms with van der Waals surface area (Å²) in [5.74, 6) is 0.284. The molecule has 3 heteroatoms. The summed E-state index contributed by atoms with van der Waals surface area (Å²) >= 11 is 0. The Kier molecular flexibility index (Phi) is 4.74. The number of rotatable bonds is 5. The van der Waals surface area contributed by atoms with Gasteiger partial charge in [0.2, 0.25) is 0 Å². The number of hydrogen-bond donors (Lipinski definition) is 0. The van der Waals surface area contributed by atoms with Crippen LogP contribution in [-0.2, 0) is 4.74 Å². The second kappa shape index (κ2) is 6.93. The smallest absolute Gasteiger partial charge is 0.0787 e. The highest BCUT2D eigenvalue weighted by Gasteiger charge is 2.26. The van der Waals surface area contributed by atoms with E-state index in [0.29, 0.717) is 6.04 Å². The highest BCUT2D eigenvalue weighted by Crippen LogP contribution is 2.26. The summed E-state index contributed by atoms with van der Waals surface area (Å²) in [6.45, 7) is 3.95. The van der Waals surface area contributed by atoms with Gasteiger partial charge in [-0.2, -0.15) is 5.10 Å². The van der Waals surface area contributed by atoms with Crippen LogP contribution in [0.3, 0.4) is 0 Å². The number of ether oxygens (including phenoxy) is 1. The largest absolute Gasteiger partial charge is 0.382 e. The molecule has 1 aromatic carbocycles. The summed E-state index contributed by atoms with van der Waals surface area (Å²) < 4.78 is 5.35. The van der Waals surface area contributed by atoms with Gasteiger partial charge in [-0.1, -0.05) is 54.1 Å². The average Bonchev–Trinajstić information content (AvgIpc) is 3.15. The maximum Gasteiger partial charge on any atom is 0.0787 e. The van der Waals surface area contributed by atoms with Crippen LogP contribution in [0, 0.1) is 5.92 Å². The zero-order chi connectivity index (χ0) is 15.4. The molecule has 0 saturated carbocycles. The molecular weight excluding hydrogens is 272 g/mol. The molecule has 3 rings (SSSR count). The molecule has 1 unspecified atom stereocenters. The van der Waals surface area contributed by atoms with Crippen molar-refractivity contribution in [2.75, 3.05) is 20.3 Å². The molecule has 116 valence electrons. The summed E-state index contributed by atoms with van der Waals surface area (Å²) in [6.07, 6.45) is 8.90. The van der Waals surface area contributed by atoms with Gasteiger partial charge in [0.05, 0.1) is 18.4 Å². The van der Waals surface area contributed by atoms with E-state index in [9.17, 15) is 0 Å². The molecule has 1 aromatic rings. The van der Waals surface area contributed by atoms with E-state index in [0.717, 1.165) is 25.3 Å². The van der Waals surface area contributed by atoms with Gasteiger partial charge in [-0.05, 0) is 25.3 Å². The Balaban J connectivity index is 1.93. The standard InChI is InChI=1S/C19H24N2O/c1-15-8-6-12-18(15)19(16-9-4-3-5-10-16)20-21-13-7-11-17(21)14-22-2/h3-6,8-10,12,17-18H,7,11,13-14H2,1-2H3/b20-19+/t17-,18?/m0/s1. The third-order valence-electron chi connectivity index (χ3n) is 4.46. The Bertz CT molecular complexity index is 589. The normalized spacial score (nSPS) is 24.9. The Morgan fingerprint density at radius 2 is 2.14 bits per heavy atom. The Morgan fingerprint density at radius 1 is 1.32 bits per heavy atom. The number of benzene rings is 1. The molecule has 0 N–H and O–H groups in total. The molecule has 0 spiro atoms. The lowest BCUT2D eigenvalue weighted by Gasteiger charge is -2.24. The van der Waals surface area contributed by atoms with Gasteiger partial charge in [-0.25, -0.2) is 0 Å². The van der Waals surface area contributed by atoms with Crippen molar-refractivity contribution in [2.45, 2.75) is 25.8 Å². The predicted molar refractivity (Wildman–Crippen MR) is 91.0 cm³/mol. The zero-order valence-electron chi connectivity index (χ0n) is 13.4. The molecule has 22 heavy (non-hydrogen) atoms. The first-order valence-corrected chi connectivity index (χ1v) is 8.04. The van der Waals surface area contributed by atoms with E-state index in [1.165, 1.54) is 17.6 Å². The number of hydrogen-bond acceptors (Lipinski definition) is 3. The SMILES string of the molecule is COC[C@@H]1CCCN1/N=C(\c1ccccc1)C1C=CC=C1C. The van der Waals surface area contributed by atoms with Crippen LogP contribution < -0.4 is 0 Å². The van der Waals surface area contributed by atoms with Crippen LogP contribution in [0.4, 0.5) is 0 Å². The second-order valence-corrected chi connectivity index (χ2v) is 6.04. The fourth-order valence-electron chi connectivity index (χ4n) is 3.24. The van der Waals surface area contributed by atoms with Crippen LogP contribution in [0.15, 0.2) is 59.2 Å². The van der Waals surface area contributed by atoms with Crippen molar-refractivity contribution in [1.82, 2.24) is 5.01 Å². The number of methoxy groups -OCH3 is 1. The predicted octanol–water partition coefficient (Wildman–Crippen LogP) is 3.63. The summed E-state index contributed by atoms with van der Waals surface area (Å²) in [5.41, 5.74) is 3.70. The second-order valence-electron chi connectivity index (χ2n) is 6.04. The lowest BCUT2D eigenvalue weighted by atomic mass is 9.93. The topological polar surface area (TPSA) is 24.8 Å². The van der Waals surface area contributed by atoms with Crippen LogP contribution in [0.2, 0.25) is 0 Å². The summed E-state index contributed by atoms with van der Waals surface area (Å²) in [5, 5.41) is 7.28. The monoisotopic (exact) mass is 296 g/mol.